The number of benzene rings is 1. The third kappa shape index (κ3) is 4.48. The maximum Gasteiger partial charge on any atom is 0.277 e. The standard InChI is InChI=1S/C17H20N6O2S/c1-11(2)10-15-20-21-17(26-15)18-14(24)8-5-9-23-16(25)12-6-3-4-7-13(12)19-22-23/h3-4,6-7,11H,5,8-10H2,1-2H3,(H,18,21,24). The first-order valence-corrected chi connectivity index (χ1v) is 9.29. The summed E-state index contributed by atoms with van der Waals surface area (Å²) in [7, 11) is 0. The van der Waals surface area contributed by atoms with Crippen LogP contribution in [0.15, 0.2) is 29.1 Å². The van der Waals surface area contributed by atoms with E-state index in [1.54, 1.807) is 18.2 Å². The van der Waals surface area contributed by atoms with Gasteiger partial charge in [0, 0.05) is 19.4 Å². The van der Waals surface area contributed by atoms with Gasteiger partial charge in [-0.25, -0.2) is 4.68 Å². The highest BCUT2D eigenvalue weighted by molar-refractivity contribution is 7.15. The number of carbonyl (C=O) groups excluding carboxylic acids is 1. The van der Waals surface area contributed by atoms with Crippen LogP contribution < -0.4 is 10.9 Å². The molecule has 0 unspecified atom stereocenters. The second kappa shape index (κ2) is 8.13. The van der Waals surface area contributed by atoms with Crippen molar-refractivity contribution in [3.05, 3.63) is 39.6 Å². The summed E-state index contributed by atoms with van der Waals surface area (Å²) in [5, 5.41) is 20.7. The van der Waals surface area contributed by atoms with Crippen molar-refractivity contribution in [3.8, 4) is 0 Å². The van der Waals surface area contributed by atoms with Crippen molar-refractivity contribution in [2.45, 2.75) is 39.7 Å². The van der Waals surface area contributed by atoms with E-state index in [0.717, 1.165) is 11.4 Å². The normalized spacial score (nSPS) is 11.2. The molecule has 1 N–H and O–H groups in total. The first-order chi connectivity index (χ1) is 12.5. The van der Waals surface area contributed by atoms with E-state index >= 15 is 0 Å². The number of rotatable bonds is 7. The van der Waals surface area contributed by atoms with Crippen LogP contribution in [0, 0.1) is 5.92 Å². The molecule has 3 rings (SSSR count). The number of aryl methyl sites for hydroxylation is 1. The molecular formula is C17H20N6O2S. The molecule has 1 aromatic carbocycles. The predicted octanol–water partition coefficient (Wildman–Crippen LogP) is 2.26. The summed E-state index contributed by atoms with van der Waals surface area (Å²) in [6, 6.07) is 7.07. The van der Waals surface area contributed by atoms with Crippen LogP contribution in [0.3, 0.4) is 0 Å². The Balaban J connectivity index is 1.53. The highest BCUT2D eigenvalue weighted by Gasteiger charge is 2.10. The van der Waals surface area contributed by atoms with Crippen molar-refractivity contribution in [2.24, 2.45) is 5.92 Å². The molecule has 0 saturated carbocycles. The minimum Gasteiger partial charge on any atom is -0.301 e. The van der Waals surface area contributed by atoms with E-state index in [0.29, 0.717) is 34.9 Å². The molecule has 1 amide bonds. The summed E-state index contributed by atoms with van der Waals surface area (Å²) in [4.78, 5) is 24.4. The van der Waals surface area contributed by atoms with Gasteiger partial charge in [-0.05, 0) is 24.5 Å². The SMILES string of the molecule is CC(C)Cc1nnc(NC(=O)CCCn2nnc3ccccc3c2=O)s1. The van der Waals surface area contributed by atoms with Crippen LogP contribution >= 0.6 is 11.3 Å². The summed E-state index contributed by atoms with van der Waals surface area (Å²) in [5.74, 6) is 0.340. The topological polar surface area (TPSA) is 103 Å². The lowest BCUT2D eigenvalue weighted by Crippen LogP contribution is -2.25. The first kappa shape index (κ1) is 18.1. The van der Waals surface area contributed by atoms with Gasteiger partial charge < -0.3 is 5.32 Å². The van der Waals surface area contributed by atoms with Crippen LogP contribution in [0.4, 0.5) is 5.13 Å². The van der Waals surface area contributed by atoms with Crippen molar-refractivity contribution in [1.29, 1.82) is 0 Å². The second-order valence-electron chi connectivity index (χ2n) is 6.39. The number of amides is 1. The molecule has 8 nitrogen and oxygen atoms in total. The van der Waals surface area contributed by atoms with Crippen molar-refractivity contribution in [2.75, 3.05) is 5.32 Å². The van der Waals surface area contributed by atoms with E-state index in [9.17, 15) is 9.59 Å². The Hall–Kier alpha value is -2.68. The fourth-order valence-electron chi connectivity index (χ4n) is 2.48. The maximum absolute atomic E-state index is 12.3. The van der Waals surface area contributed by atoms with Gasteiger partial charge >= 0.3 is 0 Å². The number of nitrogens with zero attached hydrogens (tertiary/aromatic N) is 5. The van der Waals surface area contributed by atoms with Crippen LogP contribution in [0.2, 0.25) is 0 Å². The third-order valence-electron chi connectivity index (χ3n) is 3.70. The summed E-state index contributed by atoms with van der Waals surface area (Å²) < 4.78 is 1.29. The molecule has 0 atom stereocenters. The lowest BCUT2D eigenvalue weighted by Gasteiger charge is -2.04. The quantitative estimate of drug-likeness (QED) is 0.682. The van der Waals surface area contributed by atoms with Gasteiger partial charge in [-0.1, -0.05) is 42.5 Å². The van der Waals surface area contributed by atoms with Crippen molar-refractivity contribution in [3.63, 3.8) is 0 Å². The lowest BCUT2D eigenvalue weighted by molar-refractivity contribution is -0.116. The smallest absolute Gasteiger partial charge is 0.277 e. The molecule has 136 valence electrons. The summed E-state index contributed by atoms with van der Waals surface area (Å²) in [6.07, 6.45) is 1.59. The number of aromatic nitrogens is 5. The van der Waals surface area contributed by atoms with Crippen LogP contribution in [-0.2, 0) is 17.8 Å². The fraction of sp³-hybridized carbons (Fsp3) is 0.412. The van der Waals surface area contributed by atoms with E-state index in [1.807, 2.05) is 6.07 Å². The molecule has 0 spiro atoms. The molecule has 26 heavy (non-hydrogen) atoms. The largest absolute Gasteiger partial charge is 0.301 e. The molecule has 0 fully saturated rings. The van der Waals surface area contributed by atoms with E-state index in [4.69, 9.17) is 0 Å². The Morgan fingerprint density at radius 1 is 1.23 bits per heavy atom. The lowest BCUT2D eigenvalue weighted by atomic mass is 10.1. The Morgan fingerprint density at radius 3 is 2.85 bits per heavy atom. The zero-order chi connectivity index (χ0) is 18.5. The van der Waals surface area contributed by atoms with Crippen LogP contribution in [0.1, 0.15) is 31.7 Å². The molecule has 0 aliphatic rings. The molecule has 3 aromatic rings. The van der Waals surface area contributed by atoms with Crippen LogP contribution in [0.5, 0.6) is 0 Å². The third-order valence-corrected chi connectivity index (χ3v) is 4.56. The number of anilines is 1. The Labute approximate surface area is 154 Å². The molecule has 2 aromatic heterocycles. The average molecular weight is 372 g/mol. The molecule has 0 saturated heterocycles. The second-order valence-corrected chi connectivity index (χ2v) is 7.45. The van der Waals surface area contributed by atoms with Gasteiger partial charge in [0.15, 0.2) is 0 Å². The van der Waals surface area contributed by atoms with Crippen molar-refractivity contribution >= 4 is 33.3 Å². The molecule has 0 bridgehead atoms. The zero-order valence-electron chi connectivity index (χ0n) is 14.7. The predicted molar refractivity (Wildman–Crippen MR) is 100 cm³/mol. The number of hydrogen-bond acceptors (Lipinski definition) is 7. The summed E-state index contributed by atoms with van der Waals surface area (Å²) >= 11 is 1.39. The molecule has 0 radical (unpaired) electrons. The minimum absolute atomic E-state index is 0.154. The molecule has 2 heterocycles. The minimum atomic E-state index is -0.196. The Kier molecular flexibility index (Phi) is 5.67. The van der Waals surface area contributed by atoms with Gasteiger partial charge in [-0.3, -0.25) is 9.59 Å². The zero-order valence-corrected chi connectivity index (χ0v) is 15.5. The summed E-state index contributed by atoms with van der Waals surface area (Å²) in [6.45, 7) is 4.55. The van der Waals surface area contributed by atoms with E-state index in [2.05, 4.69) is 39.7 Å². The van der Waals surface area contributed by atoms with E-state index in [1.165, 1.54) is 16.0 Å². The highest BCUT2D eigenvalue weighted by Crippen LogP contribution is 2.18. The van der Waals surface area contributed by atoms with Gasteiger partial charge in [0.25, 0.3) is 5.56 Å². The first-order valence-electron chi connectivity index (χ1n) is 8.47. The maximum atomic E-state index is 12.3. The highest BCUT2D eigenvalue weighted by atomic mass is 32.1. The number of hydrogen-bond donors (Lipinski definition) is 1. The molecule has 0 aliphatic heterocycles. The fourth-order valence-corrected chi connectivity index (χ4v) is 3.44. The molecule has 9 heteroatoms. The summed E-state index contributed by atoms with van der Waals surface area (Å²) in [5.41, 5.74) is 0.374. The molecule has 0 aliphatic carbocycles. The van der Waals surface area contributed by atoms with Crippen molar-refractivity contribution in [1.82, 2.24) is 25.2 Å². The number of fused-ring (bicyclic) bond motifs is 1. The number of carbonyl (C=O) groups is 1. The average Bonchev–Trinajstić information content (AvgIpc) is 3.03. The Bertz CT molecular complexity index is 965. The van der Waals surface area contributed by atoms with E-state index in [-0.39, 0.29) is 17.9 Å². The van der Waals surface area contributed by atoms with Crippen LogP contribution in [0.25, 0.3) is 10.9 Å². The van der Waals surface area contributed by atoms with Gasteiger partial charge in [0.1, 0.15) is 10.5 Å². The Morgan fingerprint density at radius 2 is 2.04 bits per heavy atom. The van der Waals surface area contributed by atoms with Gasteiger partial charge in [-0.15, -0.1) is 15.3 Å². The molecular weight excluding hydrogens is 352 g/mol. The van der Waals surface area contributed by atoms with Gasteiger partial charge in [0.05, 0.1) is 5.39 Å². The van der Waals surface area contributed by atoms with Gasteiger partial charge in [-0.2, -0.15) is 0 Å². The van der Waals surface area contributed by atoms with Crippen molar-refractivity contribution < 1.29 is 4.79 Å². The van der Waals surface area contributed by atoms with Gasteiger partial charge in [0.2, 0.25) is 11.0 Å². The van der Waals surface area contributed by atoms with Crippen LogP contribution in [-0.4, -0.2) is 31.1 Å². The monoisotopic (exact) mass is 372 g/mol. The van der Waals surface area contributed by atoms with E-state index < -0.39 is 0 Å². The number of nitrogens with one attached hydrogen (secondary N) is 1.